The molecule has 1 heterocycles. The third kappa shape index (κ3) is 1.23. The molecule has 4 heteroatoms. The highest BCUT2D eigenvalue weighted by Gasteiger charge is 2.09. The molecular weight excluding hydrogens is 189 g/mol. The molecule has 0 aliphatic heterocycles. The van der Waals surface area contributed by atoms with Gasteiger partial charge >= 0.3 is 0 Å². The molecule has 1 aromatic carbocycles. The molecule has 2 N–H and O–H groups in total. The molecule has 68 valence electrons. The van der Waals surface area contributed by atoms with E-state index in [2.05, 4.69) is 0 Å². The van der Waals surface area contributed by atoms with Gasteiger partial charge in [-0.05, 0) is 18.2 Å². The van der Waals surface area contributed by atoms with E-state index >= 15 is 0 Å². The standard InChI is InChI=1S/C9H8FNOS/c1-12-9-5-4-8(11)13-7(5)3-2-6(9)10/h2-4H,11H2,1H3. The molecule has 0 aliphatic carbocycles. The van der Waals surface area contributed by atoms with Gasteiger partial charge < -0.3 is 10.5 Å². The van der Waals surface area contributed by atoms with Gasteiger partial charge in [0.15, 0.2) is 11.6 Å². The number of hydrogen-bond donors (Lipinski definition) is 1. The van der Waals surface area contributed by atoms with E-state index in [0.717, 1.165) is 10.1 Å². The van der Waals surface area contributed by atoms with Gasteiger partial charge in [0.2, 0.25) is 0 Å². The molecular formula is C9H8FNOS. The van der Waals surface area contributed by atoms with Crippen molar-refractivity contribution in [3.63, 3.8) is 0 Å². The average Bonchev–Trinajstić information content (AvgIpc) is 2.45. The van der Waals surface area contributed by atoms with Crippen molar-refractivity contribution in [3.05, 3.63) is 24.0 Å². The number of anilines is 1. The first-order valence-electron chi connectivity index (χ1n) is 3.74. The van der Waals surface area contributed by atoms with Gasteiger partial charge in [0, 0.05) is 10.1 Å². The lowest BCUT2D eigenvalue weighted by molar-refractivity contribution is 0.392. The Bertz CT molecular complexity index is 452. The van der Waals surface area contributed by atoms with Crippen LogP contribution < -0.4 is 10.5 Å². The molecule has 0 amide bonds. The molecule has 0 saturated carbocycles. The van der Waals surface area contributed by atoms with Crippen LogP contribution >= 0.6 is 11.3 Å². The second-order valence-electron chi connectivity index (χ2n) is 2.64. The summed E-state index contributed by atoms with van der Waals surface area (Å²) < 4.78 is 19.1. The Kier molecular flexibility index (Phi) is 1.84. The molecule has 2 aromatic rings. The Balaban J connectivity index is 2.82. The maximum Gasteiger partial charge on any atom is 0.165 e. The summed E-state index contributed by atoms with van der Waals surface area (Å²) in [6, 6.07) is 4.81. The number of fused-ring (bicyclic) bond motifs is 1. The lowest BCUT2D eigenvalue weighted by Gasteiger charge is -2.01. The molecule has 0 bridgehead atoms. The summed E-state index contributed by atoms with van der Waals surface area (Å²) in [7, 11) is 1.45. The van der Waals surface area contributed by atoms with E-state index in [1.165, 1.54) is 24.5 Å². The third-order valence-corrected chi connectivity index (χ3v) is 2.76. The van der Waals surface area contributed by atoms with Crippen LogP contribution in [0.2, 0.25) is 0 Å². The van der Waals surface area contributed by atoms with Crippen molar-refractivity contribution < 1.29 is 9.13 Å². The fourth-order valence-corrected chi connectivity index (χ4v) is 2.12. The van der Waals surface area contributed by atoms with Gasteiger partial charge in [-0.25, -0.2) is 4.39 Å². The molecule has 2 nitrogen and oxygen atoms in total. The summed E-state index contributed by atoms with van der Waals surface area (Å²) in [6.07, 6.45) is 0. The van der Waals surface area contributed by atoms with Crippen LogP contribution in [0.1, 0.15) is 0 Å². The number of thiophene rings is 1. The first-order chi connectivity index (χ1) is 6.22. The van der Waals surface area contributed by atoms with E-state index in [0.29, 0.717) is 5.00 Å². The SMILES string of the molecule is COc1c(F)ccc2sc(N)cc12. The molecule has 0 spiro atoms. The highest BCUT2D eigenvalue weighted by atomic mass is 32.1. The molecule has 0 radical (unpaired) electrons. The van der Waals surface area contributed by atoms with Gasteiger partial charge in [-0.1, -0.05) is 0 Å². The maximum atomic E-state index is 13.2. The lowest BCUT2D eigenvalue weighted by atomic mass is 10.2. The number of hydrogen-bond acceptors (Lipinski definition) is 3. The van der Waals surface area contributed by atoms with Gasteiger partial charge in [-0.3, -0.25) is 0 Å². The van der Waals surface area contributed by atoms with Crippen molar-refractivity contribution in [1.29, 1.82) is 0 Å². The van der Waals surface area contributed by atoms with Gasteiger partial charge in [-0.2, -0.15) is 0 Å². The smallest absolute Gasteiger partial charge is 0.165 e. The quantitative estimate of drug-likeness (QED) is 0.762. The van der Waals surface area contributed by atoms with Crippen molar-refractivity contribution in [2.75, 3.05) is 12.8 Å². The van der Waals surface area contributed by atoms with Crippen molar-refractivity contribution in [1.82, 2.24) is 0 Å². The summed E-state index contributed by atoms with van der Waals surface area (Å²) in [4.78, 5) is 0. The van der Waals surface area contributed by atoms with E-state index < -0.39 is 0 Å². The number of benzene rings is 1. The summed E-state index contributed by atoms with van der Waals surface area (Å²) in [5, 5.41) is 1.41. The number of nitrogen functional groups attached to an aromatic ring is 1. The van der Waals surface area contributed by atoms with E-state index in [4.69, 9.17) is 10.5 Å². The van der Waals surface area contributed by atoms with Crippen LogP contribution in [-0.4, -0.2) is 7.11 Å². The predicted octanol–water partition coefficient (Wildman–Crippen LogP) is 2.63. The zero-order valence-corrected chi connectivity index (χ0v) is 7.82. The zero-order valence-electron chi connectivity index (χ0n) is 7.00. The second kappa shape index (κ2) is 2.88. The van der Waals surface area contributed by atoms with Crippen LogP contribution in [0, 0.1) is 5.82 Å². The van der Waals surface area contributed by atoms with Crippen LogP contribution in [0.15, 0.2) is 18.2 Å². The second-order valence-corrected chi connectivity index (χ2v) is 3.76. The number of rotatable bonds is 1. The Morgan fingerprint density at radius 1 is 1.46 bits per heavy atom. The van der Waals surface area contributed by atoms with Gasteiger partial charge in [0.1, 0.15) is 0 Å². The molecule has 0 unspecified atom stereocenters. The molecule has 0 atom stereocenters. The largest absolute Gasteiger partial charge is 0.493 e. The molecule has 0 fully saturated rings. The van der Waals surface area contributed by atoms with Crippen molar-refractivity contribution >= 4 is 26.4 Å². The normalized spacial score (nSPS) is 10.6. The van der Waals surface area contributed by atoms with E-state index in [1.807, 2.05) is 0 Å². The fraction of sp³-hybridized carbons (Fsp3) is 0.111. The number of nitrogens with two attached hydrogens (primary N) is 1. The van der Waals surface area contributed by atoms with Crippen LogP contribution in [0.25, 0.3) is 10.1 Å². The van der Waals surface area contributed by atoms with E-state index in [-0.39, 0.29) is 11.6 Å². The molecule has 0 saturated heterocycles. The first-order valence-corrected chi connectivity index (χ1v) is 4.55. The summed E-state index contributed by atoms with van der Waals surface area (Å²) in [5.41, 5.74) is 5.60. The highest BCUT2D eigenvalue weighted by Crippen LogP contribution is 2.35. The average molecular weight is 197 g/mol. The summed E-state index contributed by atoms with van der Waals surface area (Å²) >= 11 is 1.42. The summed E-state index contributed by atoms with van der Waals surface area (Å²) in [5.74, 6) is -0.0850. The van der Waals surface area contributed by atoms with Gasteiger partial charge in [0.25, 0.3) is 0 Å². The Morgan fingerprint density at radius 3 is 2.92 bits per heavy atom. The number of methoxy groups -OCH3 is 1. The minimum Gasteiger partial charge on any atom is -0.493 e. The van der Waals surface area contributed by atoms with Gasteiger partial charge in [0.05, 0.1) is 12.1 Å². The first kappa shape index (κ1) is 8.31. The molecule has 0 aliphatic rings. The van der Waals surface area contributed by atoms with Gasteiger partial charge in [-0.15, -0.1) is 11.3 Å². The Hall–Kier alpha value is -1.29. The number of halogens is 1. The lowest BCUT2D eigenvalue weighted by Crippen LogP contribution is -1.87. The topological polar surface area (TPSA) is 35.2 Å². The van der Waals surface area contributed by atoms with Crippen LogP contribution in [0.3, 0.4) is 0 Å². The molecule has 1 aromatic heterocycles. The van der Waals surface area contributed by atoms with Crippen molar-refractivity contribution in [2.45, 2.75) is 0 Å². The van der Waals surface area contributed by atoms with Crippen LogP contribution in [-0.2, 0) is 0 Å². The zero-order chi connectivity index (χ0) is 9.42. The fourth-order valence-electron chi connectivity index (χ4n) is 1.29. The Labute approximate surface area is 78.7 Å². The van der Waals surface area contributed by atoms with E-state index in [9.17, 15) is 4.39 Å². The third-order valence-electron chi connectivity index (χ3n) is 1.83. The minimum absolute atomic E-state index is 0.269. The molecule has 13 heavy (non-hydrogen) atoms. The minimum atomic E-state index is -0.354. The highest BCUT2D eigenvalue weighted by molar-refractivity contribution is 7.22. The predicted molar refractivity (Wildman–Crippen MR) is 52.7 cm³/mol. The number of ether oxygens (including phenoxy) is 1. The van der Waals surface area contributed by atoms with Crippen LogP contribution in [0.4, 0.5) is 9.39 Å². The van der Waals surface area contributed by atoms with E-state index in [1.54, 1.807) is 12.1 Å². The summed E-state index contributed by atoms with van der Waals surface area (Å²) in [6.45, 7) is 0. The van der Waals surface area contributed by atoms with Crippen molar-refractivity contribution in [2.24, 2.45) is 0 Å². The Morgan fingerprint density at radius 2 is 2.23 bits per heavy atom. The molecule has 2 rings (SSSR count). The maximum absolute atomic E-state index is 13.2. The van der Waals surface area contributed by atoms with Crippen molar-refractivity contribution in [3.8, 4) is 5.75 Å². The van der Waals surface area contributed by atoms with Crippen LogP contribution in [0.5, 0.6) is 5.75 Å². The monoisotopic (exact) mass is 197 g/mol.